The minimum absolute atomic E-state index is 0.0204. The smallest absolute Gasteiger partial charge is 0.260 e. The topological polar surface area (TPSA) is 78.9 Å². The molecule has 0 aromatic heterocycles. The highest BCUT2D eigenvalue weighted by atomic mass is 32.2. The zero-order valence-corrected chi connectivity index (χ0v) is 18.1. The Morgan fingerprint density at radius 1 is 1.00 bits per heavy atom. The predicted octanol–water partition coefficient (Wildman–Crippen LogP) is 2.11. The Labute approximate surface area is 178 Å². The molecule has 1 heterocycles. The average molecular weight is 432 g/mol. The third-order valence-electron chi connectivity index (χ3n) is 5.06. The molecule has 1 aliphatic heterocycles. The first-order valence-electron chi connectivity index (χ1n) is 10.2. The van der Waals surface area contributed by atoms with Crippen LogP contribution in [0.15, 0.2) is 60.7 Å². The lowest BCUT2D eigenvalue weighted by atomic mass is 10.2. The van der Waals surface area contributed by atoms with E-state index < -0.39 is 16.1 Å². The van der Waals surface area contributed by atoms with Gasteiger partial charge in [0.25, 0.3) is 5.91 Å². The zero-order valence-electron chi connectivity index (χ0n) is 17.2. The second-order valence-corrected chi connectivity index (χ2v) is 9.34. The Morgan fingerprint density at radius 3 is 2.23 bits per heavy atom. The van der Waals surface area contributed by atoms with Gasteiger partial charge in [0.2, 0.25) is 10.0 Å². The first kappa shape index (κ1) is 22.1. The van der Waals surface area contributed by atoms with Crippen molar-refractivity contribution in [1.82, 2.24) is 9.62 Å². The van der Waals surface area contributed by atoms with Gasteiger partial charge in [0, 0.05) is 38.4 Å². The van der Waals surface area contributed by atoms with E-state index in [9.17, 15) is 13.2 Å². The molecule has 7 nitrogen and oxygen atoms in total. The third kappa shape index (κ3) is 6.21. The minimum Gasteiger partial charge on any atom is -0.481 e. The number of hydrogen-bond donors (Lipinski definition) is 1. The summed E-state index contributed by atoms with van der Waals surface area (Å²) in [7, 11) is -3.33. The Hall–Kier alpha value is -2.58. The molecule has 1 saturated heterocycles. The monoisotopic (exact) mass is 431 g/mol. The Kier molecular flexibility index (Phi) is 7.70. The molecule has 0 aliphatic carbocycles. The summed E-state index contributed by atoms with van der Waals surface area (Å²) in [5.74, 6) is 0.386. The summed E-state index contributed by atoms with van der Waals surface area (Å²) in [5.41, 5.74) is 1.11. The molecule has 0 saturated carbocycles. The van der Waals surface area contributed by atoms with Crippen LogP contribution in [0.25, 0.3) is 0 Å². The van der Waals surface area contributed by atoms with E-state index in [1.165, 1.54) is 0 Å². The zero-order chi connectivity index (χ0) is 21.4. The van der Waals surface area contributed by atoms with E-state index >= 15 is 0 Å². The summed E-state index contributed by atoms with van der Waals surface area (Å²) >= 11 is 0. The maximum atomic E-state index is 12.6. The van der Waals surface area contributed by atoms with Crippen molar-refractivity contribution in [3.63, 3.8) is 0 Å². The van der Waals surface area contributed by atoms with Crippen molar-refractivity contribution in [2.75, 3.05) is 43.4 Å². The predicted molar refractivity (Wildman–Crippen MR) is 118 cm³/mol. The molecule has 1 fully saturated rings. The molecule has 8 heteroatoms. The van der Waals surface area contributed by atoms with Gasteiger partial charge in [0.1, 0.15) is 5.75 Å². The van der Waals surface area contributed by atoms with Crippen LogP contribution in [0.1, 0.15) is 13.3 Å². The van der Waals surface area contributed by atoms with Crippen LogP contribution in [0.5, 0.6) is 5.75 Å². The standard InChI is InChI=1S/C22H29N3O4S/c1-19(29-21-11-6-3-7-12-21)22(26)23-13-8-18-30(27,28)25-16-14-24(15-17-25)20-9-4-2-5-10-20/h2-7,9-12,19H,8,13-18H2,1H3,(H,23,26)/t19-/m1/s1. The van der Waals surface area contributed by atoms with Crippen LogP contribution < -0.4 is 15.0 Å². The number of piperazine rings is 1. The van der Waals surface area contributed by atoms with Crippen molar-refractivity contribution in [3.05, 3.63) is 60.7 Å². The number of amides is 1. The van der Waals surface area contributed by atoms with Crippen molar-refractivity contribution < 1.29 is 17.9 Å². The van der Waals surface area contributed by atoms with Gasteiger partial charge in [-0.15, -0.1) is 0 Å². The summed E-state index contributed by atoms with van der Waals surface area (Å²) in [6, 6.07) is 19.1. The number of rotatable bonds is 9. The number of carbonyl (C=O) groups is 1. The Bertz CT molecular complexity index is 898. The fraction of sp³-hybridized carbons (Fsp3) is 0.409. The van der Waals surface area contributed by atoms with Crippen LogP contribution in [0, 0.1) is 0 Å². The number of nitrogens with zero attached hydrogens (tertiary/aromatic N) is 2. The highest BCUT2D eigenvalue weighted by Crippen LogP contribution is 2.17. The summed E-state index contributed by atoms with van der Waals surface area (Å²) in [5, 5.41) is 2.75. The van der Waals surface area contributed by atoms with E-state index in [-0.39, 0.29) is 11.7 Å². The van der Waals surface area contributed by atoms with E-state index in [1.807, 2.05) is 48.5 Å². The molecule has 0 spiro atoms. The molecule has 3 rings (SSSR count). The number of hydrogen-bond acceptors (Lipinski definition) is 5. The number of carbonyl (C=O) groups excluding carboxylic acids is 1. The first-order chi connectivity index (χ1) is 14.5. The van der Waals surface area contributed by atoms with Crippen molar-refractivity contribution in [2.45, 2.75) is 19.4 Å². The molecule has 162 valence electrons. The quantitative estimate of drug-likeness (QED) is 0.616. The lowest BCUT2D eigenvalue weighted by Crippen LogP contribution is -2.49. The maximum absolute atomic E-state index is 12.6. The minimum atomic E-state index is -3.33. The molecule has 2 aromatic rings. The normalized spacial score (nSPS) is 16.1. The Morgan fingerprint density at radius 2 is 1.60 bits per heavy atom. The van der Waals surface area contributed by atoms with Crippen LogP contribution in [0.2, 0.25) is 0 Å². The van der Waals surface area contributed by atoms with Crippen molar-refractivity contribution in [3.8, 4) is 5.75 Å². The lowest BCUT2D eigenvalue weighted by molar-refractivity contribution is -0.127. The van der Waals surface area contributed by atoms with Gasteiger partial charge < -0.3 is 15.0 Å². The first-order valence-corrected chi connectivity index (χ1v) is 11.8. The third-order valence-corrected chi connectivity index (χ3v) is 7.01. The molecular formula is C22H29N3O4S. The molecule has 2 aromatic carbocycles. The van der Waals surface area contributed by atoms with E-state index in [4.69, 9.17) is 4.74 Å². The van der Waals surface area contributed by atoms with Gasteiger partial charge in [0.15, 0.2) is 6.10 Å². The summed E-state index contributed by atoms with van der Waals surface area (Å²) in [4.78, 5) is 14.3. The molecule has 0 unspecified atom stereocenters. The number of para-hydroxylation sites is 2. The molecule has 0 radical (unpaired) electrons. The summed E-state index contributed by atoms with van der Waals surface area (Å²) in [6.45, 7) is 4.27. The van der Waals surface area contributed by atoms with Crippen LogP contribution >= 0.6 is 0 Å². The van der Waals surface area contributed by atoms with Crippen LogP contribution in [0.3, 0.4) is 0 Å². The van der Waals surface area contributed by atoms with Crippen LogP contribution in [-0.2, 0) is 14.8 Å². The Balaban J connectivity index is 1.37. The highest BCUT2D eigenvalue weighted by Gasteiger charge is 2.26. The molecule has 0 bridgehead atoms. The molecule has 30 heavy (non-hydrogen) atoms. The number of benzene rings is 2. The number of anilines is 1. The second-order valence-electron chi connectivity index (χ2n) is 7.26. The fourth-order valence-corrected chi connectivity index (χ4v) is 4.85. The molecule has 1 amide bonds. The van der Waals surface area contributed by atoms with Crippen LogP contribution in [-0.4, -0.2) is 63.2 Å². The average Bonchev–Trinajstić information content (AvgIpc) is 2.78. The van der Waals surface area contributed by atoms with Gasteiger partial charge in [-0.3, -0.25) is 4.79 Å². The number of nitrogens with one attached hydrogen (secondary N) is 1. The molecule has 1 N–H and O–H groups in total. The van der Waals surface area contributed by atoms with Crippen molar-refractivity contribution in [1.29, 1.82) is 0 Å². The van der Waals surface area contributed by atoms with Gasteiger partial charge in [0.05, 0.1) is 5.75 Å². The lowest BCUT2D eigenvalue weighted by Gasteiger charge is -2.35. The molecular weight excluding hydrogens is 402 g/mol. The molecule has 1 aliphatic rings. The van der Waals surface area contributed by atoms with Gasteiger partial charge in [-0.25, -0.2) is 8.42 Å². The van der Waals surface area contributed by atoms with E-state index in [0.717, 1.165) is 5.69 Å². The van der Waals surface area contributed by atoms with E-state index in [2.05, 4.69) is 10.2 Å². The van der Waals surface area contributed by atoms with Gasteiger partial charge in [-0.05, 0) is 37.6 Å². The SMILES string of the molecule is C[C@@H](Oc1ccccc1)C(=O)NCCCS(=O)(=O)N1CCN(c2ccccc2)CC1. The van der Waals surface area contributed by atoms with Gasteiger partial charge in [-0.2, -0.15) is 4.31 Å². The van der Waals surface area contributed by atoms with E-state index in [0.29, 0.717) is 44.9 Å². The largest absolute Gasteiger partial charge is 0.481 e. The number of ether oxygens (including phenoxy) is 1. The number of sulfonamides is 1. The van der Waals surface area contributed by atoms with E-state index in [1.54, 1.807) is 23.4 Å². The van der Waals surface area contributed by atoms with Gasteiger partial charge >= 0.3 is 0 Å². The van der Waals surface area contributed by atoms with Gasteiger partial charge in [-0.1, -0.05) is 36.4 Å². The second kappa shape index (κ2) is 10.4. The fourth-order valence-electron chi connectivity index (χ4n) is 3.36. The summed E-state index contributed by atoms with van der Waals surface area (Å²) in [6.07, 6.45) is -0.277. The maximum Gasteiger partial charge on any atom is 0.260 e. The van der Waals surface area contributed by atoms with Crippen LogP contribution in [0.4, 0.5) is 5.69 Å². The molecule has 1 atom stereocenters. The highest BCUT2D eigenvalue weighted by molar-refractivity contribution is 7.89. The van der Waals surface area contributed by atoms with Crippen molar-refractivity contribution in [2.24, 2.45) is 0 Å². The van der Waals surface area contributed by atoms with Crippen molar-refractivity contribution >= 4 is 21.6 Å². The summed E-state index contributed by atoms with van der Waals surface area (Å²) < 4.78 is 32.4.